The number of hydrogen-bond donors (Lipinski definition) is 0. The van der Waals surface area contributed by atoms with Crippen molar-refractivity contribution < 1.29 is 0 Å². The van der Waals surface area contributed by atoms with Crippen molar-refractivity contribution in [1.82, 2.24) is 9.55 Å². The van der Waals surface area contributed by atoms with E-state index in [1.165, 1.54) is 76.7 Å². The van der Waals surface area contributed by atoms with Crippen LogP contribution in [0.3, 0.4) is 0 Å². The van der Waals surface area contributed by atoms with E-state index in [1.807, 2.05) is 12.4 Å². The quantitative estimate of drug-likeness (QED) is 0.234. The molecular weight excluding hydrogens is 472 g/mol. The number of fused-ring (bicyclic) bond motifs is 8. The number of rotatable bonds is 2. The summed E-state index contributed by atoms with van der Waals surface area (Å²) in [5.41, 5.74) is 11.4. The molecule has 1 aliphatic rings. The topological polar surface area (TPSA) is 17.8 Å². The van der Waals surface area contributed by atoms with Gasteiger partial charge in [0.25, 0.3) is 0 Å². The first-order chi connectivity index (χ1) is 19.4. The van der Waals surface area contributed by atoms with Crippen molar-refractivity contribution in [2.45, 2.75) is 0 Å². The fourth-order valence-corrected chi connectivity index (χ4v) is 6.74. The van der Waals surface area contributed by atoms with Crippen molar-refractivity contribution >= 4 is 43.4 Å². The first-order valence-electron chi connectivity index (χ1n) is 13.4. The van der Waals surface area contributed by atoms with Crippen LogP contribution in [0.1, 0.15) is 0 Å². The van der Waals surface area contributed by atoms with Gasteiger partial charge in [-0.1, -0.05) is 97.1 Å². The van der Waals surface area contributed by atoms with Gasteiger partial charge in [-0.2, -0.15) is 0 Å². The molecule has 1 aliphatic carbocycles. The lowest BCUT2D eigenvalue weighted by Crippen LogP contribution is -1.95. The van der Waals surface area contributed by atoms with Gasteiger partial charge in [0.05, 0.1) is 11.0 Å². The average Bonchev–Trinajstić information content (AvgIpc) is 3.52. The molecule has 2 aromatic heterocycles. The molecule has 2 nitrogen and oxygen atoms in total. The van der Waals surface area contributed by atoms with Gasteiger partial charge in [0.15, 0.2) is 0 Å². The van der Waals surface area contributed by atoms with E-state index in [0.29, 0.717) is 0 Å². The van der Waals surface area contributed by atoms with Crippen molar-refractivity contribution in [2.75, 3.05) is 0 Å². The third-order valence-corrected chi connectivity index (χ3v) is 8.44. The Morgan fingerprint density at radius 1 is 0.462 bits per heavy atom. The fraction of sp³-hybridized carbons (Fsp3) is 0. The second-order valence-electron chi connectivity index (χ2n) is 10.4. The highest BCUT2D eigenvalue weighted by molar-refractivity contribution is 6.19. The van der Waals surface area contributed by atoms with Crippen LogP contribution < -0.4 is 0 Å². The zero-order chi connectivity index (χ0) is 25.5. The molecule has 6 aromatic carbocycles. The van der Waals surface area contributed by atoms with Crippen LogP contribution in [0.25, 0.3) is 82.4 Å². The van der Waals surface area contributed by atoms with E-state index in [1.54, 1.807) is 0 Å². The highest BCUT2D eigenvalue weighted by Crippen LogP contribution is 2.49. The zero-order valence-electron chi connectivity index (χ0n) is 21.1. The molecule has 0 spiro atoms. The summed E-state index contributed by atoms with van der Waals surface area (Å²) in [5, 5.41) is 7.55. The SMILES string of the molecule is c1ccc2c(c1)-c1cccc3c(-c4ccc(-n5c6ccccc6c6ccc7ccncc7c65)cc4)ccc-2c13. The molecule has 0 N–H and O–H groups in total. The number of para-hydroxylation sites is 1. The van der Waals surface area contributed by atoms with Crippen molar-refractivity contribution in [3.05, 3.63) is 134 Å². The Hall–Kier alpha value is -5.21. The van der Waals surface area contributed by atoms with E-state index < -0.39 is 0 Å². The van der Waals surface area contributed by atoms with E-state index >= 15 is 0 Å². The third kappa shape index (κ3) is 2.78. The standard InChI is InChI=1S/C37H22N2/c1-2-7-28-27(6-1)31-10-5-9-30-26(18-19-32(28)36(30)31)23-12-15-25(16-13-23)39-35-11-4-3-8-29(35)33-17-14-24-20-21-38-22-34(24)37(33)39/h1-22H. The van der Waals surface area contributed by atoms with Gasteiger partial charge in [-0.3, -0.25) is 4.98 Å². The highest BCUT2D eigenvalue weighted by atomic mass is 15.0. The van der Waals surface area contributed by atoms with Crippen LogP contribution in [-0.4, -0.2) is 9.55 Å². The molecule has 2 heteroatoms. The number of benzene rings is 6. The lowest BCUT2D eigenvalue weighted by atomic mass is 9.94. The Morgan fingerprint density at radius 3 is 2.05 bits per heavy atom. The number of aromatic nitrogens is 2. The van der Waals surface area contributed by atoms with Crippen LogP contribution in [0.4, 0.5) is 0 Å². The molecule has 180 valence electrons. The Bertz CT molecular complexity index is 2240. The molecule has 0 fully saturated rings. The summed E-state index contributed by atoms with van der Waals surface area (Å²) in [4.78, 5) is 4.47. The smallest absolute Gasteiger partial charge is 0.0634 e. The monoisotopic (exact) mass is 494 g/mol. The second-order valence-corrected chi connectivity index (χ2v) is 10.4. The maximum absolute atomic E-state index is 4.47. The molecule has 0 atom stereocenters. The summed E-state index contributed by atoms with van der Waals surface area (Å²) in [5.74, 6) is 0. The van der Waals surface area contributed by atoms with Crippen LogP contribution in [0.2, 0.25) is 0 Å². The summed E-state index contributed by atoms with van der Waals surface area (Å²) in [6.07, 6.45) is 3.86. The Balaban J connectivity index is 1.26. The van der Waals surface area contributed by atoms with Crippen LogP contribution in [0.15, 0.2) is 134 Å². The zero-order valence-corrected chi connectivity index (χ0v) is 21.1. The molecule has 0 amide bonds. The van der Waals surface area contributed by atoms with Gasteiger partial charge in [0, 0.05) is 34.2 Å². The maximum atomic E-state index is 4.47. The van der Waals surface area contributed by atoms with Gasteiger partial charge in [0.1, 0.15) is 0 Å². The van der Waals surface area contributed by atoms with Gasteiger partial charge < -0.3 is 4.57 Å². The molecule has 0 saturated heterocycles. The van der Waals surface area contributed by atoms with Crippen molar-refractivity contribution in [1.29, 1.82) is 0 Å². The molecular formula is C37H22N2. The van der Waals surface area contributed by atoms with Crippen molar-refractivity contribution in [3.63, 3.8) is 0 Å². The predicted molar refractivity (Wildman–Crippen MR) is 163 cm³/mol. The number of hydrogen-bond acceptors (Lipinski definition) is 1. The minimum atomic E-state index is 1.15. The summed E-state index contributed by atoms with van der Waals surface area (Å²) >= 11 is 0. The average molecular weight is 495 g/mol. The molecule has 0 bridgehead atoms. The van der Waals surface area contributed by atoms with Crippen molar-refractivity contribution in [2.24, 2.45) is 0 Å². The molecule has 9 rings (SSSR count). The summed E-state index contributed by atoms with van der Waals surface area (Å²) in [6.45, 7) is 0. The fourth-order valence-electron chi connectivity index (χ4n) is 6.74. The minimum Gasteiger partial charge on any atom is -0.309 e. The number of pyridine rings is 1. The predicted octanol–water partition coefficient (Wildman–Crippen LogP) is 9.80. The van der Waals surface area contributed by atoms with Crippen LogP contribution in [0.5, 0.6) is 0 Å². The third-order valence-electron chi connectivity index (χ3n) is 8.44. The Morgan fingerprint density at radius 2 is 1.18 bits per heavy atom. The molecule has 8 aromatic rings. The van der Waals surface area contributed by atoms with Crippen molar-refractivity contribution in [3.8, 4) is 39.1 Å². The number of nitrogens with zero attached hydrogens (tertiary/aromatic N) is 2. The van der Waals surface area contributed by atoms with E-state index in [-0.39, 0.29) is 0 Å². The lowest BCUT2D eigenvalue weighted by Gasteiger charge is -2.13. The van der Waals surface area contributed by atoms with Crippen LogP contribution in [0, 0.1) is 0 Å². The maximum Gasteiger partial charge on any atom is 0.0634 e. The molecule has 2 heterocycles. The Kier molecular flexibility index (Phi) is 4.08. The van der Waals surface area contributed by atoms with Gasteiger partial charge >= 0.3 is 0 Å². The first-order valence-corrected chi connectivity index (χ1v) is 13.4. The normalized spacial score (nSPS) is 12.1. The lowest BCUT2D eigenvalue weighted by molar-refractivity contribution is 1.18. The van der Waals surface area contributed by atoms with E-state index in [9.17, 15) is 0 Å². The molecule has 0 saturated carbocycles. The summed E-state index contributed by atoms with van der Waals surface area (Å²) in [7, 11) is 0. The van der Waals surface area contributed by atoms with E-state index in [4.69, 9.17) is 0 Å². The van der Waals surface area contributed by atoms with Crippen LogP contribution in [-0.2, 0) is 0 Å². The largest absolute Gasteiger partial charge is 0.309 e. The van der Waals surface area contributed by atoms with E-state index in [2.05, 4.69) is 131 Å². The highest BCUT2D eigenvalue weighted by Gasteiger charge is 2.22. The van der Waals surface area contributed by atoms with Gasteiger partial charge in [-0.05, 0) is 73.8 Å². The molecule has 0 aliphatic heterocycles. The Labute approximate surface area is 225 Å². The van der Waals surface area contributed by atoms with E-state index in [0.717, 1.165) is 5.69 Å². The second kappa shape index (κ2) is 7.66. The van der Waals surface area contributed by atoms with Gasteiger partial charge in [-0.25, -0.2) is 0 Å². The summed E-state index contributed by atoms with van der Waals surface area (Å²) in [6, 6.07) is 44.3. The van der Waals surface area contributed by atoms with Gasteiger partial charge in [0.2, 0.25) is 0 Å². The van der Waals surface area contributed by atoms with Gasteiger partial charge in [-0.15, -0.1) is 0 Å². The molecule has 0 radical (unpaired) electrons. The summed E-state index contributed by atoms with van der Waals surface area (Å²) < 4.78 is 2.39. The molecule has 39 heavy (non-hydrogen) atoms. The minimum absolute atomic E-state index is 1.15. The first kappa shape index (κ1) is 20.8. The van der Waals surface area contributed by atoms with Crippen LogP contribution >= 0.6 is 0 Å². The molecule has 0 unspecified atom stereocenters.